The summed E-state index contributed by atoms with van der Waals surface area (Å²) in [6, 6.07) is 4.30. The van der Waals surface area contributed by atoms with Crippen molar-refractivity contribution in [3.05, 3.63) is 35.4 Å². The topological polar surface area (TPSA) is 12.0 Å². The minimum absolute atomic E-state index is 0.403. The van der Waals surface area contributed by atoms with Crippen LogP contribution >= 0.6 is 0 Å². The molecule has 0 amide bonds. The van der Waals surface area contributed by atoms with Gasteiger partial charge in [0.05, 0.1) is 0 Å². The van der Waals surface area contributed by atoms with Gasteiger partial charge in [-0.15, -0.1) is 0 Å². The molecular formula is C13H17F2N. The molecule has 0 aliphatic heterocycles. The summed E-state index contributed by atoms with van der Waals surface area (Å²) in [7, 11) is 0. The normalized spacial score (nSPS) is 17.4. The maximum Gasteiger partial charge on any atom is 0.163 e. The van der Waals surface area contributed by atoms with E-state index < -0.39 is 11.6 Å². The smallest absolute Gasteiger partial charge is 0.163 e. The summed E-state index contributed by atoms with van der Waals surface area (Å²) in [6.45, 7) is 3.48. The van der Waals surface area contributed by atoms with E-state index in [0.717, 1.165) is 18.5 Å². The van der Waals surface area contributed by atoms with Gasteiger partial charge in [-0.1, -0.05) is 19.1 Å². The third-order valence-electron chi connectivity index (χ3n) is 3.24. The lowest BCUT2D eigenvalue weighted by Crippen LogP contribution is -2.22. The molecule has 0 spiro atoms. The molecule has 1 aliphatic rings. The Balaban J connectivity index is 1.82. The SMILES string of the molecule is CC(CNCc1cccc(F)c1F)C1CC1. The van der Waals surface area contributed by atoms with E-state index in [1.165, 1.54) is 12.8 Å². The van der Waals surface area contributed by atoms with Crippen LogP contribution in [0.5, 0.6) is 0 Å². The largest absolute Gasteiger partial charge is 0.312 e. The molecule has 1 saturated carbocycles. The van der Waals surface area contributed by atoms with E-state index in [0.29, 0.717) is 18.0 Å². The molecule has 88 valence electrons. The van der Waals surface area contributed by atoms with Crippen molar-refractivity contribution in [2.75, 3.05) is 6.54 Å². The van der Waals surface area contributed by atoms with Crippen molar-refractivity contribution in [1.82, 2.24) is 5.32 Å². The van der Waals surface area contributed by atoms with Crippen molar-refractivity contribution in [3.8, 4) is 0 Å². The van der Waals surface area contributed by atoms with Gasteiger partial charge in [-0.2, -0.15) is 0 Å². The molecule has 0 bridgehead atoms. The Hall–Kier alpha value is -0.960. The molecule has 1 atom stereocenters. The first-order valence-electron chi connectivity index (χ1n) is 5.82. The fraction of sp³-hybridized carbons (Fsp3) is 0.538. The fourth-order valence-electron chi connectivity index (χ4n) is 1.95. The van der Waals surface area contributed by atoms with E-state index >= 15 is 0 Å². The molecule has 0 saturated heterocycles. The van der Waals surface area contributed by atoms with E-state index in [-0.39, 0.29) is 0 Å². The summed E-state index contributed by atoms with van der Waals surface area (Å²) in [5.74, 6) is -0.0231. The Morgan fingerprint density at radius 1 is 1.38 bits per heavy atom. The first-order chi connectivity index (χ1) is 7.68. The minimum atomic E-state index is -0.769. The zero-order valence-electron chi connectivity index (χ0n) is 9.47. The van der Waals surface area contributed by atoms with Crippen LogP contribution < -0.4 is 5.32 Å². The Bertz CT molecular complexity index is 361. The molecule has 0 heterocycles. The van der Waals surface area contributed by atoms with Crippen LogP contribution in [0.2, 0.25) is 0 Å². The highest BCUT2D eigenvalue weighted by Gasteiger charge is 2.27. The van der Waals surface area contributed by atoms with Gasteiger partial charge in [0, 0.05) is 12.1 Å². The van der Waals surface area contributed by atoms with Gasteiger partial charge < -0.3 is 5.32 Å². The Labute approximate surface area is 94.9 Å². The van der Waals surface area contributed by atoms with Crippen LogP contribution in [0, 0.1) is 23.5 Å². The quantitative estimate of drug-likeness (QED) is 0.812. The van der Waals surface area contributed by atoms with Gasteiger partial charge in [0.25, 0.3) is 0 Å². The lowest BCUT2D eigenvalue weighted by molar-refractivity contribution is 0.450. The van der Waals surface area contributed by atoms with Gasteiger partial charge in [-0.25, -0.2) is 8.78 Å². The highest BCUT2D eigenvalue weighted by atomic mass is 19.2. The Kier molecular flexibility index (Phi) is 3.54. The number of hydrogen-bond donors (Lipinski definition) is 1. The number of halogens is 2. The van der Waals surface area contributed by atoms with Crippen molar-refractivity contribution in [2.45, 2.75) is 26.3 Å². The number of rotatable bonds is 5. The second kappa shape index (κ2) is 4.91. The maximum atomic E-state index is 13.3. The summed E-state index contributed by atoms with van der Waals surface area (Å²) < 4.78 is 26.2. The van der Waals surface area contributed by atoms with Crippen LogP contribution in [0.3, 0.4) is 0 Å². The molecule has 1 fully saturated rings. The number of nitrogens with one attached hydrogen (secondary N) is 1. The standard InChI is InChI=1S/C13H17F2N/c1-9(10-5-6-10)7-16-8-11-3-2-4-12(14)13(11)15/h2-4,9-10,16H,5-8H2,1H3. The van der Waals surface area contributed by atoms with Crippen molar-refractivity contribution in [1.29, 1.82) is 0 Å². The third kappa shape index (κ3) is 2.79. The van der Waals surface area contributed by atoms with Crippen LogP contribution in [0.4, 0.5) is 8.78 Å². The van der Waals surface area contributed by atoms with Crippen molar-refractivity contribution in [2.24, 2.45) is 11.8 Å². The van der Waals surface area contributed by atoms with Crippen molar-refractivity contribution < 1.29 is 8.78 Å². The highest BCUT2D eigenvalue weighted by molar-refractivity contribution is 5.18. The van der Waals surface area contributed by atoms with Crippen LogP contribution in [0.15, 0.2) is 18.2 Å². The number of hydrogen-bond acceptors (Lipinski definition) is 1. The van der Waals surface area contributed by atoms with Gasteiger partial charge in [-0.05, 0) is 37.3 Å². The first-order valence-corrected chi connectivity index (χ1v) is 5.82. The fourth-order valence-corrected chi connectivity index (χ4v) is 1.95. The average Bonchev–Trinajstić information content (AvgIpc) is 3.07. The van der Waals surface area contributed by atoms with E-state index in [9.17, 15) is 8.78 Å². The Morgan fingerprint density at radius 2 is 2.12 bits per heavy atom. The zero-order chi connectivity index (χ0) is 11.5. The molecule has 1 N–H and O–H groups in total. The van der Waals surface area contributed by atoms with Crippen LogP contribution in [0.25, 0.3) is 0 Å². The molecule has 16 heavy (non-hydrogen) atoms. The van der Waals surface area contributed by atoms with Gasteiger partial charge in [-0.3, -0.25) is 0 Å². The summed E-state index contributed by atoms with van der Waals surface area (Å²) in [4.78, 5) is 0. The zero-order valence-corrected chi connectivity index (χ0v) is 9.47. The lowest BCUT2D eigenvalue weighted by Gasteiger charge is -2.11. The van der Waals surface area contributed by atoms with Gasteiger partial charge in [0.2, 0.25) is 0 Å². The average molecular weight is 225 g/mol. The molecule has 1 aromatic carbocycles. The van der Waals surface area contributed by atoms with E-state index in [2.05, 4.69) is 12.2 Å². The van der Waals surface area contributed by atoms with Gasteiger partial charge in [0.1, 0.15) is 0 Å². The third-order valence-corrected chi connectivity index (χ3v) is 3.24. The van der Waals surface area contributed by atoms with Gasteiger partial charge in [0.15, 0.2) is 11.6 Å². The van der Waals surface area contributed by atoms with Crippen molar-refractivity contribution in [3.63, 3.8) is 0 Å². The predicted octanol–water partition coefficient (Wildman–Crippen LogP) is 3.10. The van der Waals surface area contributed by atoms with E-state index in [1.807, 2.05) is 0 Å². The van der Waals surface area contributed by atoms with Crippen LogP contribution in [-0.4, -0.2) is 6.54 Å². The second-order valence-electron chi connectivity index (χ2n) is 4.66. The molecule has 2 rings (SSSR count). The Morgan fingerprint density at radius 3 is 2.81 bits per heavy atom. The predicted molar refractivity (Wildman–Crippen MR) is 60.0 cm³/mol. The molecule has 1 unspecified atom stereocenters. The molecular weight excluding hydrogens is 208 g/mol. The monoisotopic (exact) mass is 225 g/mol. The summed E-state index contributed by atoms with van der Waals surface area (Å²) in [5.41, 5.74) is 0.406. The molecule has 0 radical (unpaired) electrons. The summed E-state index contributed by atoms with van der Waals surface area (Å²) >= 11 is 0. The second-order valence-corrected chi connectivity index (χ2v) is 4.66. The molecule has 0 aromatic heterocycles. The maximum absolute atomic E-state index is 13.3. The van der Waals surface area contributed by atoms with Crippen LogP contribution in [0.1, 0.15) is 25.3 Å². The molecule has 3 heteroatoms. The molecule has 1 aliphatic carbocycles. The van der Waals surface area contributed by atoms with E-state index in [1.54, 1.807) is 12.1 Å². The minimum Gasteiger partial charge on any atom is -0.312 e. The molecule has 1 aromatic rings. The van der Waals surface area contributed by atoms with Crippen LogP contribution in [-0.2, 0) is 6.54 Å². The highest BCUT2D eigenvalue weighted by Crippen LogP contribution is 2.36. The number of benzene rings is 1. The molecule has 1 nitrogen and oxygen atoms in total. The lowest BCUT2D eigenvalue weighted by atomic mass is 10.1. The van der Waals surface area contributed by atoms with E-state index in [4.69, 9.17) is 0 Å². The van der Waals surface area contributed by atoms with Gasteiger partial charge >= 0.3 is 0 Å². The van der Waals surface area contributed by atoms with Crippen molar-refractivity contribution >= 4 is 0 Å². The first kappa shape index (κ1) is 11.5. The summed E-state index contributed by atoms with van der Waals surface area (Å²) in [5, 5.41) is 3.18. The summed E-state index contributed by atoms with van der Waals surface area (Å²) in [6.07, 6.45) is 2.63.